The second-order valence-corrected chi connectivity index (χ2v) is 7.18. The molecule has 2 aromatic heterocycles. The van der Waals surface area contributed by atoms with E-state index in [0.29, 0.717) is 13.2 Å². The van der Waals surface area contributed by atoms with Crippen LogP contribution in [0, 0.1) is 0 Å². The summed E-state index contributed by atoms with van der Waals surface area (Å²) in [6, 6.07) is 13.9. The molecule has 4 rings (SSSR count). The van der Waals surface area contributed by atoms with Gasteiger partial charge in [-0.1, -0.05) is 42.1 Å². The van der Waals surface area contributed by atoms with Crippen LogP contribution >= 0.6 is 11.8 Å². The van der Waals surface area contributed by atoms with E-state index in [0.717, 1.165) is 47.3 Å². The zero-order valence-corrected chi connectivity index (χ0v) is 15.5. The Kier molecular flexibility index (Phi) is 5.11. The van der Waals surface area contributed by atoms with Crippen molar-refractivity contribution in [2.24, 2.45) is 0 Å². The van der Waals surface area contributed by atoms with Gasteiger partial charge < -0.3 is 9.14 Å². The molecule has 1 saturated heterocycles. The highest BCUT2D eigenvalue weighted by molar-refractivity contribution is 8.14. The quantitative estimate of drug-likeness (QED) is 0.582. The Morgan fingerprint density at radius 1 is 1.07 bits per heavy atom. The van der Waals surface area contributed by atoms with Gasteiger partial charge in [0.15, 0.2) is 11.4 Å². The van der Waals surface area contributed by atoms with Crippen LogP contribution in [0.3, 0.4) is 0 Å². The maximum atomic E-state index is 11.6. The second-order valence-electron chi connectivity index (χ2n) is 6.25. The maximum absolute atomic E-state index is 11.6. The SMILES string of the molecule is O=C1CSC(=O)N1CCCCOc1cccn2cc(-c3ccccc3)nc12. The maximum Gasteiger partial charge on any atom is 0.288 e. The Morgan fingerprint density at radius 3 is 2.70 bits per heavy atom. The Bertz CT molecular complexity index is 955. The molecule has 0 N–H and O–H groups in total. The largest absolute Gasteiger partial charge is 0.490 e. The molecule has 0 radical (unpaired) electrons. The number of fused-ring (bicyclic) bond motifs is 1. The number of aromatic nitrogens is 2. The van der Waals surface area contributed by atoms with Crippen LogP contribution in [-0.2, 0) is 4.79 Å². The minimum atomic E-state index is -0.142. The van der Waals surface area contributed by atoms with Gasteiger partial charge in [-0.05, 0) is 25.0 Å². The summed E-state index contributed by atoms with van der Waals surface area (Å²) in [5.74, 6) is 0.895. The summed E-state index contributed by atoms with van der Waals surface area (Å²) in [5.41, 5.74) is 2.73. The molecule has 0 bridgehead atoms. The summed E-state index contributed by atoms with van der Waals surface area (Å²) in [7, 11) is 0. The number of hydrogen-bond acceptors (Lipinski definition) is 5. The minimum Gasteiger partial charge on any atom is -0.490 e. The molecule has 0 saturated carbocycles. The zero-order valence-electron chi connectivity index (χ0n) is 14.7. The van der Waals surface area contributed by atoms with Crippen molar-refractivity contribution in [1.82, 2.24) is 14.3 Å². The smallest absolute Gasteiger partial charge is 0.288 e. The van der Waals surface area contributed by atoms with Crippen molar-refractivity contribution in [2.45, 2.75) is 12.8 Å². The van der Waals surface area contributed by atoms with E-state index in [9.17, 15) is 9.59 Å². The van der Waals surface area contributed by atoms with Crippen molar-refractivity contribution in [3.05, 3.63) is 54.9 Å². The number of carbonyl (C=O) groups excluding carboxylic acids is 2. The van der Waals surface area contributed by atoms with E-state index >= 15 is 0 Å². The van der Waals surface area contributed by atoms with Crippen molar-refractivity contribution < 1.29 is 14.3 Å². The molecular formula is C20H19N3O3S. The van der Waals surface area contributed by atoms with Crippen LogP contribution < -0.4 is 4.74 Å². The van der Waals surface area contributed by atoms with Gasteiger partial charge in [0, 0.05) is 24.5 Å². The fourth-order valence-electron chi connectivity index (χ4n) is 3.00. The van der Waals surface area contributed by atoms with E-state index in [1.54, 1.807) is 0 Å². The first kappa shape index (κ1) is 17.6. The van der Waals surface area contributed by atoms with Crippen molar-refractivity contribution in [2.75, 3.05) is 18.9 Å². The molecule has 1 aliphatic rings. The molecular weight excluding hydrogens is 362 g/mol. The lowest BCUT2D eigenvalue weighted by Crippen LogP contribution is -2.29. The molecule has 0 unspecified atom stereocenters. The molecule has 1 aliphatic heterocycles. The van der Waals surface area contributed by atoms with Gasteiger partial charge in [0.2, 0.25) is 5.91 Å². The Labute approximate surface area is 161 Å². The van der Waals surface area contributed by atoms with Gasteiger partial charge in [0.25, 0.3) is 5.24 Å². The molecule has 1 aromatic carbocycles. The highest BCUT2D eigenvalue weighted by Gasteiger charge is 2.28. The van der Waals surface area contributed by atoms with Crippen molar-refractivity contribution >= 4 is 28.6 Å². The third kappa shape index (κ3) is 3.83. The molecule has 0 atom stereocenters. The average molecular weight is 381 g/mol. The summed E-state index contributed by atoms with van der Waals surface area (Å²) >= 11 is 1.07. The number of nitrogens with zero attached hydrogens (tertiary/aromatic N) is 3. The number of thioether (sulfide) groups is 1. The third-order valence-electron chi connectivity index (χ3n) is 4.39. The first-order valence-corrected chi connectivity index (χ1v) is 9.84. The lowest BCUT2D eigenvalue weighted by molar-refractivity contribution is -0.124. The molecule has 0 aliphatic carbocycles. The molecule has 3 aromatic rings. The summed E-state index contributed by atoms with van der Waals surface area (Å²) < 4.78 is 7.86. The summed E-state index contributed by atoms with van der Waals surface area (Å²) in [6.07, 6.45) is 5.42. The summed E-state index contributed by atoms with van der Waals surface area (Å²) in [6.45, 7) is 0.969. The van der Waals surface area contributed by atoms with Gasteiger partial charge in [0.05, 0.1) is 18.1 Å². The third-order valence-corrected chi connectivity index (χ3v) is 5.25. The van der Waals surface area contributed by atoms with Gasteiger partial charge in [-0.2, -0.15) is 0 Å². The predicted molar refractivity (Wildman–Crippen MR) is 105 cm³/mol. The molecule has 3 heterocycles. The first-order valence-electron chi connectivity index (χ1n) is 8.85. The summed E-state index contributed by atoms with van der Waals surface area (Å²) in [4.78, 5) is 29.2. The standard InChI is InChI=1S/C20H19N3O3S/c24-18-14-27-20(25)23(18)11-4-5-12-26-17-9-6-10-22-13-16(21-19(17)22)15-7-2-1-3-8-15/h1-3,6-10,13H,4-5,11-12,14H2. The topological polar surface area (TPSA) is 63.9 Å². The monoisotopic (exact) mass is 381 g/mol. The van der Waals surface area contributed by atoms with Crippen molar-refractivity contribution in [3.63, 3.8) is 0 Å². The average Bonchev–Trinajstić information content (AvgIpc) is 3.27. The highest BCUT2D eigenvalue weighted by atomic mass is 32.2. The highest BCUT2D eigenvalue weighted by Crippen LogP contribution is 2.24. The molecule has 2 amide bonds. The Balaban J connectivity index is 1.37. The van der Waals surface area contributed by atoms with E-state index in [1.165, 1.54) is 4.90 Å². The lowest BCUT2D eigenvalue weighted by atomic mass is 10.2. The van der Waals surface area contributed by atoms with Gasteiger partial charge in [0.1, 0.15) is 0 Å². The fourth-order valence-corrected chi connectivity index (χ4v) is 3.75. The van der Waals surface area contributed by atoms with E-state index < -0.39 is 0 Å². The number of rotatable bonds is 7. The van der Waals surface area contributed by atoms with Crippen LogP contribution in [0.1, 0.15) is 12.8 Å². The van der Waals surface area contributed by atoms with Crippen LogP contribution in [0.15, 0.2) is 54.9 Å². The lowest BCUT2D eigenvalue weighted by Gasteiger charge is -2.12. The number of benzene rings is 1. The van der Waals surface area contributed by atoms with Crippen LogP contribution in [0.25, 0.3) is 16.9 Å². The Morgan fingerprint density at radius 2 is 1.93 bits per heavy atom. The number of unbranched alkanes of at least 4 members (excludes halogenated alkanes) is 1. The van der Waals surface area contributed by atoms with E-state index in [-0.39, 0.29) is 16.9 Å². The van der Waals surface area contributed by atoms with Crippen LogP contribution in [0.4, 0.5) is 4.79 Å². The molecule has 6 nitrogen and oxygen atoms in total. The molecule has 0 spiro atoms. The number of imide groups is 1. The van der Waals surface area contributed by atoms with Gasteiger partial charge in [-0.3, -0.25) is 14.5 Å². The first-order chi connectivity index (χ1) is 13.2. The van der Waals surface area contributed by atoms with Crippen LogP contribution in [0.2, 0.25) is 0 Å². The normalized spacial score (nSPS) is 14.3. The predicted octanol–water partition coefficient (Wildman–Crippen LogP) is 3.86. The van der Waals surface area contributed by atoms with Crippen LogP contribution in [-0.4, -0.2) is 44.3 Å². The number of hydrogen-bond donors (Lipinski definition) is 0. The summed E-state index contributed by atoms with van der Waals surface area (Å²) in [5, 5.41) is -0.142. The molecule has 7 heteroatoms. The van der Waals surface area contributed by atoms with Gasteiger partial charge in [-0.15, -0.1) is 0 Å². The van der Waals surface area contributed by atoms with Crippen molar-refractivity contribution in [3.8, 4) is 17.0 Å². The van der Waals surface area contributed by atoms with Gasteiger partial charge >= 0.3 is 0 Å². The second kappa shape index (κ2) is 7.84. The number of ether oxygens (including phenoxy) is 1. The molecule has 138 valence electrons. The fraction of sp³-hybridized carbons (Fsp3) is 0.250. The Hall–Kier alpha value is -2.80. The number of amides is 2. The number of pyridine rings is 1. The zero-order chi connectivity index (χ0) is 18.6. The van der Waals surface area contributed by atoms with E-state index in [2.05, 4.69) is 0 Å². The molecule has 27 heavy (non-hydrogen) atoms. The van der Waals surface area contributed by atoms with Crippen LogP contribution in [0.5, 0.6) is 5.75 Å². The molecule has 1 fully saturated rings. The van der Waals surface area contributed by atoms with Crippen molar-refractivity contribution in [1.29, 1.82) is 0 Å². The van der Waals surface area contributed by atoms with E-state index in [4.69, 9.17) is 9.72 Å². The minimum absolute atomic E-state index is 0.0958. The van der Waals surface area contributed by atoms with E-state index in [1.807, 2.05) is 59.3 Å². The number of imidazole rings is 1. The van der Waals surface area contributed by atoms with Gasteiger partial charge in [-0.25, -0.2) is 4.98 Å². The number of carbonyl (C=O) groups is 2.